The lowest BCUT2D eigenvalue weighted by Gasteiger charge is -1.93. The molecule has 3 aromatic heterocycles. The van der Waals surface area contributed by atoms with Crippen LogP contribution in [-0.4, -0.2) is 10.9 Å². The van der Waals surface area contributed by atoms with E-state index in [2.05, 4.69) is 29.1 Å². The summed E-state index contributed by atoms with van der Waals surface area (Å²) in [6, 6.07) is 14.0. The molecule has 0 amide bonds. The van der Waals surface area contributed by atoms with Crippen LogP contribution in [0.15, 0.2) is 48.8 Å². The van der Waals surface area contributed by atoms with Gasteiger partial charge in [-0.1, -0.05) is 0 Å². The number of thiophene rings is 2. The Bertz CT molecular complexity index is 936. The molecule has 5 heteroatoms. The third kappa shape index (κ3) is 3.53. The van der Waals surface area contributed by atoms with Crippen LogP contribution < -0.4 is 0 Å². The van der Waals surface area contributed by atoms with E-state index in [-0.39, 0.29) is 5.57 Å². The lowest BCUT2D eigenvalue weighted by molar-refractivity contribution is 1.33. The van der Waals surface area contributed by atoms with Gasteiger partial charge in [0.2, 0.25) is 0 Å². The summed E-state index contributed by atoms with van der Waals surface area (Å²) in [5, 5.41) is 16.0. The highest BCUT2D eigenvalue weighted by molar-refractivity contribution is 7.16. The standard InChI is InChI=1S/C18H11N3S2/c19-11-14(12-20)18-6-4-16(23-18)2-1-15-3-5-17(22-15)13-7-9-21-10-8-13/h1-10,19H/b2-1+. The topological polar surface area (TPSA) is 60.5 Å². The first kappa shape index (κ1) is 15.1. The Labute approximate surface area is 142 Å². The van der Waals surface area contributed by atoms with Crippen LogP contribution in [-0.2, 0) is 0 Å². The molecule has 0 bridgehead atoms. The Morgan fingerprint density at radius 1 is 1.00 bits per heavy atom. The molecular weight excluding hydrogens is 322 g/mol. The van der Waals surface area contributed by atoms with E-state index in [0.717, 1.165) is 20.2 Å². The van der Waals surface area contributed by atoms with Crippen molar-refractivity contribution in [3.63, 3.8) is 0 Å². The zero-order chi connectivity index (χ0) is 16.1. The molecule has 0 aliphatic carbocycles. The van der Waals surface area contributed by atoms with Crippen LogP contribution in [0.4, 0.5) is 0 Å². The van der Waals surface area contributed by atoms with Gasteiger partial charge in [0.25, 0.3) is 0 Å². The molecule has 3 aromatic rings. The molecular formula is C18H11N3S2. The number of rotatable bonds is 4. The third-order valence-electron chi connectivity index (χ3n) is 3.11. The van der Waals surface area contributed by atoms with Crippen LogP contribution in [0.5, 0.6) is 0 Å². The molecule has 0 fully saturated rings. The van der Waals surface area contributed by atoms with Crippen LogP contribution >= 0.6 is 22.7 Å². The van der Waals surface area contributed by atoms with Gasteiger partial charge in [0.1, 0.15) is 11.6 Å². The molecule has 0 aliphatic rings. The maximum atomic E-state index is 8.92. The Morgan fingerprint density at radius 2 is 1.70 bits per heavy atom. The number of pyridine rings is 1. The number of hydrogen-bond donors (Lipinski definition) is 1. The van der Waals surface area contributed by atoms with E-state index in [4.69, 9.17) is 10.7 Å². The van der Waals surface area contributed by atoms with E-state index >= 15 is 0 Å². The maximum absolute atomic E-state index is 8.92. The van der Waals surface area contributed by atoms with Gasteiger partial charge >= 0.3 is 0 Å². The summed E-state index contributed by atoms with van der Waals surface area (Å²) in [6.45, 7) is 0. The molecule has 0 aliphatic heterocycles. The Kier molecular flexibility index (Phi) is 4.60. The number of hydrogen-bond acceptors (Lipinski definition) is 5. The Balaban J connectivity index is 1.78. The monoisotopic (exact) mass is 333 g/mol. The van der Waals surface area contributed by atoms with Crippen molar-refractivity contribution in [3.8, 4) is 16.5 Å². The molecule has 0 aromatic carbocycles. The highest BCUT2D eigenvalue weighted by Crippen LogP contribution is 2.29. The number of aromatic nitrogens is 1. The lowest BCUT2D eigenvalue weighted by Crippen LogP contribution is -1.72. The van der Waals surface area contributed by atoms with Crippen LogP contribution in [0.1, 0.15) is 14.6 Å². The number of nitriles is 1. The van der Waals surface area contributed by atoms with Gasteiger partial charge in [-0.15, -0.1) is 22.7 Å². The van der Waals surface area contributed by atoms with E-state index in [1.54, 1.807) is 23.7 Å². The van der Waals surface area contributed by atoms with Crippen molar-refractivity contribution in [1.29, 1.82) is 10.7 Å². The van der Waals surface area contributed by atoms with Crippen molar-refractivity contribution in [2.75, 3.05) is 0 Å². The zero-order valence-corrected chi connectivity index (χ0v) is 13.6. The molecule has 3 nitrogen and oxygen atoms in total. The summed E-state index contributed by atoms with van der Waals surface area (Å²) < 4.78 is 0. The minimum atomic E-state index is 0.269. The molecule has 0 atom stereocenters. The van der Waals surface area contributed by atoms with E-state index in [0.29, 0.717) is 0 Å². The van der Waals surface area contributed by atoms with Crippen molar-refractivity contribution in [2.45, 2.75) is 0 Å². The summed E-state index contributed by atoms with van der Waals surface area (Å²) >= 11 is 3.20. The van der Waals surface area contributed by atoms with Crippen LogP contribution in [0, 0.1) is 16.7 Å². The summed E-state index contributed by atoms with van der Waals surface area (Å²) in [6.07, 6.45) is 7.67. The van der Waals surface area contributed by atoms with Gasteiger partial charge in [-0.05, 0) is 60.0 Å². The van der Waals surface area contributed by atoms with Crippen molar-refractivity contribution in [2.24, 2.45) is 0 Å². The van der Waals surface area contributed by atoms with Gasteiger partial charge in [-0.25, -0.2) is 0 Å². The first-order chi connectivity index (χ1) is 11.3. The molecule has 0 spiro atoms. The minimum absolute atomic E-state index is 0.269. The average Bonchev–Trinajstić information content (AvgIpc) is 3.24. The van der Waals surface area contributed by atoms with Gasteiger partial charge in [0.15, 0.2) is 0 Å². The molecule has 110 valence electrons. The maximum Gasteiger partial charge on any atom is 0.130 e. The lowest BCUT2D eigenvalue weighted by atomic mass is 10.2. The van der Waals surface area contributed by atoms with Crippen molar-refractivity contribution in [3.05, 3.63) is 63.4 Å². The second kappa shape index (κ2) is 6.99. The summed E-state index contributed by atoms with van der Waals surface area (Å²) in [7, 11) is 0. The quantitative estimate of drug-likeness (QED) is 0.527. The molecule has 1 N–H and O–H groups in total. The van der Waals surface area contributed by atoms with Crippen molar-refractivity contribution < 1.29 is 0 Å². The number of allylic oxidation sites excluding steroid dienone is 1. The fourth-order valence-corrected chi connectivity index (χ4v) is 3.78. The fraction of sp³-hybridized carbons (Fsp3) is 0. The van der Waals surface area contributed by atoms with Crippen molar-refractivity contribution >= 4 is 46.3 Å². The van der Waals surface area contributed by atoms with Crippen LogP contribution in [0.3, 0.4) is 0 Å². The second-order valence-electron chi connectivity index (χ2n) is 4.59. The van der Waals surface area contributed by atoms with Gasteiger partial charge in [0, 0.05) is 27.0 Å². The first-order valence-corrected chi connectivity index (χ1v) is 8.42. The predicted octanol–water partition coefficient (Wildman–Crippen LogP) is 5.20. The average molecular weight is 333 g/mol. The molecule has 0 radical (unpaired) electrons. The second-order valence-corrected chi connectivity index (χ2v) is 6.82. The molecule has 3 rings (SSSR count). The highest BCUT2D eigenvalue weighted by Gasteiger charge is 2.04. The smallest absolute Gasteiger partial charge is 0.130 e. The SMILES string of the molecule is N#CC(=C=N)c1ccc(/C=C/c2ccc(-c3ccncc3)s2)s1. The van der Waals surface area contributed by atoms with Crippen LogP contribution in [0.2, 0.25) is 0 Å². The predicted molar refractivity (Wildman–Crippen MR) is 97.5 cm³/mol. The van der Waals surface area contributed by atoms with Gasteiger partial charge < -0.3 is 0 Å². The summed E-state index contributed by atoms with van der Waals surface area (Å²) in [4.78, 5) is 8.21. The molecule has 0 saturated carbocycles. The van der Waals surface area contributed by atoms with E-state index in [1.165, 1.54) is 16.2 Å². The zero-order valence-electron chi connectivity index (χ0n) is 12.0. The highest BCUT2D eigenvalue weighted by atomic mass is 32.1. The Morgan fingerprint density at radius 3 is 2.39 bits per heavy atom. The van der Waals surface area contributed by atoms with E-state index in [9.17, 15) is 0 Å². The van der Waals surface area contributed by atoms with Gasteiger partial charge in [-0.3, -0.25) is 10.4 Å². The first-order valence-electron chi connectivity index (χ1n) is 6.78. The van der Waals surface area contributed by atoms with Gasteiger partial charge in [0.05, 0.1) is 4.88 Å². The van der Waals surface area contributed by atoms with Gasteiger partial charge in [-0.2, -0.15) is 5.26 Å². The summed E-state index contributed by atoms with van der Waals surface area (Å²) in [5.74, 6) is 2.17. The van der Waals surface area contributed by atoms with Crippen molar-refractivity contribution in [1.82, 2.24) is 4.98 Å². The Hall–Kier alpha value is -2.77. The third-order valence-corrected chi connectivity index (χ3v) is 5.28. The van der Waals surface area contributed by atoms with Crippen LogP contribution in [0.25, 0.3) is 28.2 Å². The summed E-state index contributed by atoms with van der Waals surface area (Å²) in [5.41, 5.74) is 1.43. The van der Waals surface area contributed by atoms with E-state index in [1.807, 2.05) is 36.4 Å². The molecule has 23 heavy (non-hydrogen) atoms. The van der Waals surface area contributed by atoms with E-state index < -0.39 is 0 Å². The molecule has 3 heterocycles. The number of nitrogens with one attached hydrogen (secondary N) is 1. The minimum Gasteiger partial charge on any atom is -0.265 e. The normalized spacial score (nSPS) is 10.4. The molecule has 0 unspecified atom stereocenters. The molecule has 0 saturated heterocycles. The number of nitrogens with zero attached hydrogens (tertiary/aromatic N) is 2. The fourth-order valence-electron chi connectivity index (χ4n) is 2.00. The largest absolute Gasteiger partial charge is 0.265 e.